The molecule has 1 aliphatic rings. The van der Waals surface area contributed by atoms with Crippen LogP contribution in [-0.4, -0.2) is 48.7 Å². The molecule has 1 aromatic rings. The number of hydrogen-bond donors (Lipinski definition) is 1. The second-order valence-electron chi connectivity index (χ2n) is 3.80. The fraction of sp³-hybridized carbons (Fsp3) is 0.750. The molecular formula is C8H14N4O3S2. The summed E-state index contributed by atoms with van der Waals surface area (Å²) in [4.78, 5) is 0. The third kappa shape index (κ3) is 2.73. The molecule has 1 aliphatic heterocycles. The summed E-state index contributed by atoms with van der Waals surface area (Å²) in [5, 5.41) is 7.28. The van der Waals surface area contributed by atoms with Gasteiger partial charge in [-0.2, -0.15) is 4.31 Å². The Morgan fingerprint density at radius 3 is 2.94 bits per heavy atom. The number of sulfonamides is 1. The predicted octanol–water partition coefficient (Wildman–Crippen LogP) is -0.0802. The van der Waals surface area contributed by atoms with Crippen molar-refractivity contribution in [3.05, 3.63) is 0 Å². The Morgan fingerprint density at radius 2 is 2.29 bits per heavy atom. The maximum atomic E-state index is 12.2. The first-order valence-electron chi connectivity index (χ1n) is 5.21. The van der Waals surface area contributed by atoms with E-state index in [0.717, 1.165) is 11.3 Å². The number of anilines is 1. The van der Waals surface area contributed by atoms with Crippen LogP contribution in [0.2, 0.25) is 0 Å². The first-order chi connectivity index (χ1) is 8.00. The molecule has 1 atom stereocenters. The van der Waals surface area contributed by atoms with Crippen LogP contribution in [0.4, 0.5) is 5.13 Å². The zero-order valence-electron chi connectivity index (χ0n) is 9.37. The van der Waals surface area contributed by atoms with Crippen LogP contribution in [0.5, 0.6) is 0 Å². The molecule has 2 heterocycles. The molecule has 0 saturated carbocycles. The van der Waals surface area contributed by atoms with E-state index in [1.165, 1.54) is 4.31 Å². The smallest absolute Gasteiger partial charge is 0.272 e. The molecule has 0 spiro atoms. The van der Waals surface area contributed by atoms with E-state index in [0.29, 0.717) is 26.1 Å². The molecule has 0 radical (unpaired) electrons. The number of aromatic nitrogens is 2. The van der Waals surface area contributed by atoms with Crippen LogP contribution in [0.15, 0.2) is 4.34 Å². The minimum Gasteiger partial charge on any atom is -0.377 e. The molecule has 17 heavy (non-hydrogen) atoms. The predicted molar refractivity (Wildman–Crippen MR) is 63.1 cm³/mol. The van der Waals surface area contributed by atoms with Crippen molar-refractivity contribution in [3.8, 4) is 0 Å². The van der Waals surface area contributed by atoms with Crippen LogP contribution >= 0.6 is 11.3 Å². The van der Waals surface area contributed by atoms with E-state index in [1.54, 1.807) is 0 Å². The molecule has 96 valence electrons. The number of rotatable bonds is 2. The van der Waals surface area contributed by atoms with Gasteiger partial charge in [-0.25, -0.2) is 8.42 Å². The Kier molecular flexibility index (Phi) is 3.61. The highest BCUT2D eigenvalue weighted by Crippen LogP contribution is 2.22. The maximum absolute atomic E-state index is 12.2. The molecule has 0 amide bonds. The fourth-order valence-corrected chi connectivity index (χ4v) is 4.09. The van der Waals surface area contributed by atoms with Crippen LogP contribution in [0.1, 0.15) is 13.3 Å². The first kappa shape index (κ1) is 12.7. The third-order valence-corrected chi connectivity index (χ3v) is 5.36. The van der Waals surface area contributed by atoms with E-state index in [-0.39, 0.29) is 15.6 Å². The summed E-state index contributed by atoms with van der Waals surface area (Å²) in [5.74, 6) is 0. The Hall–Kier alpha value is -0.770. The number of nitrogens with two attached hydrogens (primary N) is 1. The molecule has 0 aromatic carbocycles. The highest BCUT2D eigenvalue weighted by Gasteiger charge is 2.30. The quantitative estimate of drug-likeness (QED) is 0.812. The molecule has 2 N–H and O–H groups in total. The lowest BCUT2D eigenvalue weighted by Gasteiger charge is -2.19. The summed E-state index contributed by atoms with van der Waals surface area (Å²) >= 11 is 0.881. The van der Waals surface area contributed by atoms with Crippen LogP contribution in [0.3, 0.4) is 0 Å². The van der Waals surface area contributed by atoms with Crippen molar-refractivity contribution in [2.24, 2.45) is 0 Å². The molecular weight excluding hydrogens is 264 g/mol. The van der Waals surface area contributed by atoms with Crippen molar-refractivity contribution in [2.75, 3.05) is 25.4 Å². The van der Waals surface area contributed by atoms with Gasteiger partial charge in [0.1, 0.15) is 0 Å². The van der Waals surface area contributed by atoms with Crippen molar-refractivity contribution in [2.45, 2.75) is 23.8 Å². The van der Waals surface area contributed by atoms with Gasteiger partial charge in [0.05, 0.1) is 6.10 Å². The summed E-state index contributed by atoms with van der Waals surface area (Å²) in [7, 11) is -3.58. The highest BCUT2D eigenvalue weighted by atomic mass is 32.2. The van der Waals surface area contributed by atoms with Gasteiger partial charge in [0.2, 0.25) is 9.47 Å². The van der Waals surface area contributed by atoms with Crippen LogP contribution < -0.4 is 5.73 Å². The van der Waals surface area contributed by atoms with Gasteiger partial charge in [-0.1, -0.05) is 11.3 Å². The van der Waals surface area contributed by atoms with Crippen molar-refractivity contribution >= 4 is 26.5 Å². The molecule has 0 aliphatic carbocycles. The standard InChI is InChI=1S/C8H14N4O3S2/c1-6-5-12(3-2-4-15-6)17(13,14)8-11-10-7(9)16-8/h6H,2-5H2,1H3,(H2,9,10). The lowest BCUT2D eigenvalue weighted by atomic mass is 10.4. The van der Waals surface area contributed by atoms with Gasteiger partial charge in [-0.15, -0.1) is 10.2 Å². The lowest BCUT2D eigenvalue weighted by Crippen LogP contribution is -2.35. The summed E-state index contributed by atoms with van der Waals surface area (Å²) < 4.78 is 31.2. The van der Waals surface area contributed by atoms with E-state index in [2.05, 4.69) is 10.2 Å². The zero-order chi connectivity index (χ0) is 12.5. The second kappa shape index (κ2) is 4.84. The Bertz CT molecular complexity index is 487. The largest absolute Gasteiger partial charge is 0.377 e. The molecule has 1 fully saturated rings. The van der Waals surface area contributed by atoms with Crippen molar-refractivity contribution in [1.82, 2.24) is 14.5 Å². The Balaban J connectivity index is 2.25. The van der Waals surface area contributed by atoms with Crippen LogP contribution in [0.25, 0.3) is 0 Å². The number of nitrogen functional groups attached to an aromatic ring is 1. The van der Waals surface area contributed by atoms with Gasteiger partial charge in [0, 0.05) is 19.7 Å². The molecule has 2 rings (SSSR count). The number of nitrogens with zero attached hydrogens (tertiary/aromatic N) is 3. The molecule has 7 nitrogen and oxygen atoms in total. The monoisotopic (exact) mass is 278 g/mol. The van der Waals surface area contributed by atoms with E-state index in [9.17, 15) is 8.42 Å². The van der Waals surface area contributed by atoms with E-state index < -0.39 is 10.0 Å². The summed E-state index contributed by atoms with van der Waals surface area (Å²) in [6.07, 6.45) is 0.565. The topological polar surface area (TPSA) is 98.4 Å². The van der Waals surface area contributed by atoms with Crippen LogP contribution in [0, 0.1) is 0 Å². The van der Waals surface area contributed by atoms with Gasteiger partial charge in [-0.3, -0.25) is 0 Å². The maximum Gasteiger partial charge on any atom is 0.272 e. The molecule has 1 unspecified atom stereocenters. The van der Waals surface area contributed by atoms with E-state index in [1.807, 2.05) is 6.92 Å². The second-order valence-corrected chi connectivity index (χ2v) is 6.92. The molecule has 0 bridgehead atoms. The van der Waals surface area contributed by atoms with E-state index >= 15 is 0 Å². The van der Waals surface area contributed by atoms with Crippen molar-refractivity contribution in [3.63, 3.8) is 0 Å². The summed E-state index contributed by atoms with van der Waals surface area (Å²) in [5.41, 5.74) is 5.40. The fourth-order valence-electron chi connectivity index (χ4n) is 1.61. The molecule has 1 aromatic heterocycles. The average Bonchev–Trinajstić information content (AvgIpc) is 2.57. The van der Waals surface area contributed by atoms with Gasteiger partial charge >= 0.3 is 0 Å². The minimum absolute atomic E-state index is 0.0518. The van der Waals surface area contributed by atoms with Crippen LogP contribution in [-0.2, 0) is 14.8 Å². The Morgan fingerprint density at radius 1 is 1.53 bits per heavy atom. The normalized spacial score (nSPS) is 23.5. The first-order valence-corrected chi connectivity index (χ1v) is 7.46. The number of hydrogen-bond acceptors (Lipinski definition) is 7. The van der Waals surface area contributed by atoms with Gasteiger partial charge in [0.25, 0.3) is 10.0 Å². The van der Waals surface area contributed by atoms with E-state index in [4.69, 9.17) is 10.5 Å². The summed E-state index contributed by atoms with van der Waals surface area (Å²) in [6, 6.07) is 0. The third-order valence-electron chi connectivity index (χ3n) is 2.40. The number of ether oxygens (including phenoxy) is 1. The van der Waals surface area contributed by atoms with Gasteiger partial charge < -0.3 is 10.5 Å². The van der Waals surface area contributed by atoms with Gasteiger partial charge in [-0.05, 0) is 13.3 Å². The highest BCUT2D eigenvalue weighted by molar-refractivity contribution is 7.91. The molecule has 9 heteroatoms. The zero-order valence-corrected chi connectivity index (χ0v) is 11.0. The Labute approximate surface area is 104 Å². The van der Waals surface area contributed by atoms with Crippen molar-refractivity contribution < 1.29 is 13.2 Å². The summed E-state index contributed by atoms with van der Waals surface area (Å²) in [6.45, 7) is 3.20. The van der Waals surface area contributed by atoms with Crippen molar-refractivity contribution in [1.29, 1.82) is 0 Å². The SMILES string of the molecule is CC1CN(S(=O)(=O)c2nnc(N)s2)CCCO1. The molecule has 1 saturated heterocycles. The average molecular weight is 278 g/mol. The van der Waals surface area contributed by atoms with Gasteiger partial charge in [0.15, 0.2) is 0 Å². The lowest BCUT2D eigenvalue weighted by molar-refractivity contribution is 0.0752. The minimum atomic E-state index is -3.58.